The van der Waals surface area contributed by atoms with Gasteiger partial charge >= 0.3 is 0 Å². The molecule has 1 fully saturated rings. The molecule has 0 bridgehead atoms. The van der Waals surface area contributed by atoms with Gasteiger partial charge in [-0.25, -0.2) is 18.4 Å². The molecule has 0 aliphatic heterocycles. The molecule has 1 heterocycles. The average molecular weight is 364 g/mol. The van der Waals surface area contributed by atoms with Crippen LogP contribution in [0.1, 0.15) is 38.2 Å². The molecule has 0 amide bonds. The number of benzene rings is 1. The number of halogens is 2. The van der Waals surface area contributed by atoms with Crippen LogP contribution in [-0.2, 0) is 17.0 Å². The summed E-state index contributed by atoms with van der Waals surface area (Å²) >= 11 is 0. The third-order valence-corrected chi connectivity index (χ3v) is 5.02. The molecule has 0 spiro atoms. The summed E-state index contributed by atoms with van der Waals surface area (Å²) in [6.45, 7) is 1.97. The Morgan fingerprint density at radius 1 is 1.42 bits per heavy atom. The Morgan fingerprint density at radius 3 is 2.73 bits per heavy atom. The third kappa shape index (κ3) is 3.09. The standard InChI is InChI=1S/C18H22F2N4O2/c1-3-4-16(23-26-2)17(7-8-17)18(25,10-24-12-21-11-22-24)14-6-5-13(19)9-15(14)20/h5-6,9,11-12,25H,3-4,7-8,10H2,1-2H3/b23-16+. The molecule has 1 N–H and O–H groups in total. The largest absolute Gasteiger partial charge is 0.399 e. The predicted molar refractivity (Wildman–Crippen MR) is 91.3 cm³/mol. The van der Waals surface area contributed by atoms with Crippen LogP contribution in [0, 0.1) is 17.0 Å². The first kappa shape index (κ1) is 18.4. The average Bonchev–Trinajstić information content (AvgIpc) is 3.27. The number of hydrogen-bond acceptors (Lipinski definition) is 5. The van der Waals surface area contributed by atoms with Crippen molar-refractivity contribution in [3.05, 3.63) is 48.1 Å². The first-order chi connectivity index (χ1) is 12.5. The van der Waals surface area contributed by atoms with Crippen molar-refractivity contribution in [2.24, 2.45) is 10.6 Å². The van der Waals surface area contributed by atoms with Crippen LogP contribution < -0.4 is 0 Å². The Morgan fingerprint density at radius 2 is 2.19 bits per heavy atom. The Bertz CT molecular complexity index is 790. The van der Waals surface area contributed by atoms with Gasteiger partial charge in [0.1, 0.15) is 37.0 Å². The Kier molecular flexibility index (Phi) is 5.04. The minimum atomic E-state index is -1.66. The summed E-state index contributed by atoms with van der Waals surface area (Å²) in [4.78, 5) is 8.88. The number of aliphatic hydroxyl groups is 1. The van der Waals surface area contributed by atoms with Gasteiger partial charge in [-0.3, -0.25) is 0 Å². The van der Waals surface area contributed by atoms with Gasteiger partial charge in [0.15, 0.2) is 0 Å². The number of hydrogen-bond donors (Lipinski definition) is 1. The quantitative estimate of drug-likeness (QED) is 0.577. The van der Waals surface area contributed by atoms with E-state index in [1.807, 2.05) is 6.92 Å². The van der Waals surface area contributed by atoms with Crippen molar-refractivity contribution in [3.63, 3.8) is 0 Å². The van der Waals surface area contributed by atoms with E-state index in [1.165, 1.54) is 30.5 Å². The lowest BCUT2D eigenvalue weighted by Crippen LogP contribution is -2.46. The Hall–Kier alpha value is -2.35. The first-order valence-corrected chi connectivity index (χ1v) is 8.57. The lowest BCUT2D eigenvalue weighted by Gasteiger charge is -2.38. The summed E-state index contributed by atoms with van der Waals surface area (Å²) in [5.74, 6) is -1.49. The summed E-state index contributed by atoms with van der Waals surface area (Å²) in [6.07, 6.45) is 5.45. The maximum absolute atomic E-state index is 14.7. The SMILES string of the molecule is CCC/C(=N\OC)C1(C(O)(Cn2cncn2)c2ccc(F)cc2F)CC1. The van der Waals surface area contributed by atoms with Crippen molar-refractivity contribution < 1.29 is 18.7 Å². The molecule has 1 saturated carbocycles. The highest BCUT2D eigenvalue weighted by molar-refractivity contribution is 5.93. The smallest absolute Gasteiger partial charge is 0.137 e. The highest BCUT2D eigenvalue weighted by Crippen LogP contribution is 2.61. The summed E-state index contributed by atoms with van der Waals surface area (Å²) in [7, 11) is 1.45. The summed E-state index contributed by atoms with van der Waals surface area (Å²) in [6, 6.07) is 3.22. The van der Waals surface area contributed by atoms with Crippen molar-refractivity contribution in [2.75, 3.05) is 7.11 Å². The molecule has 1 aromatic carbocycles. The maximum Gasteiger partial charge on any atom is 0.137 e. The van der Waals surface area contributed by atoms with E-state index in [0.29, 0.717) is 25.0 Å². The van der Waals surface area contributed by atoms with E-state index in [9.17, 15) is 13.9 Å². The molecular formula is C18H22F2N4O2. The summed E-state index contributed by atoms with van der Waals surface area (Å²) in [5.41, 5.74) is -1.75. The number of oxime groups is 1. The van der Waals surface area contributed by atoms with Crippen LogP contribution in [0.3, 0.4) is 0 Å². The highest BCUT2D eigenvalue weighted by Gasteiger charge is 2.63. The van der Waals surface area contributed by atoms with Crippen LogP contribution in [0.25, 0.3) is 0 Å². The molecule has 0 radical (unpaired) electrons. The molecule has 1 aromatic heterocycles. The van der Waals surface area contributed by atoms with Crippen LogP contribution in [0.15, 0.2) is 36.0 Å². The lowest BCUT2D eigenvalue weighted by molar-refractivity contribution is -0.0345. The van der Waals surface area contributed by atoms with E-state index >= 15 is 0 Å². The van der Waals surface area contributed by atoms with Gasteiger partial charge in [0.2, 0.25) is 0 Å². The van der Waals surface area contributed by atoms with Crippen molar-refractivity contribution in [2.45, 2.75) is 44.8 Å². The highest BCUT2D eigenvalue weighted by atomic mass is 19.1. The Balaban J connectivity index is 2.13. The van der Waals surface area contributed by atoms with E-state index in [2.05, 4.69) is 15.2 Å². The molecule has 6 nitrogen and oxygen atoms in total. The van der Waals surface area contributed by atoms with Crippen molar-refractivity contribution in [3.8, 4) is 0 Å². The lowest BCUT2D eigenvalue weighted by atomic mass is 9.74. The van der Waals surface area contributed by atoms with Crippen LogP contribution in [0.2, 0.25) is 0 Å². The fraction of sp³-hybridized carbons (Fsp3) is 0.500. The van der Waals surface area contributed by atoms with Gasteiger partial charge < -0.3 is 9.94 Å². The number of nitrogens with zero attached hydrogens (tertiary/aromatic N) is 4. The van der Waals surface area contributed by atoms with Gasteiger partial charge in [-0.15, -0.1) is 0 Å². The fourth-order valence-electron chi connectivity index (χ4n) is 3.65. The zero-order chi connectivity index (χ0) is 18.8. The molecule has 8 heteroatoms. The predicted octanol–water partition coefficient (Wildman–Crippen LogP) is 3.03. The third-order valence-electron chi connectivity index (χ3n) is 5.02. The van der Waals surface area contributed by atoms with E-state index in [0.717, 1.165) is 18.6 Å². The van der Waals surface area contributed by atoms with Crippen LogP contribution in [-0.4, -0.2) is 32.7 Å². The van der Waals surface area contributed by atoms with Crippen LogP contribution in [0.4, 0.5) is 8.78 Å². The number of rotatable bonds is 8. The Labute approximate surface area is 150 Å². The maximum atomic E-state index is 14.7. The summed E-state index contributed by atoms with van der Waals surface area (Å²) < 4.78 is 29.5. The monoisotopic (exact) mass is 364 g/mol. The number of aromatic nitrogens is 3. The van der Waals surface area contributed by atoms with Crippen LogP contribution >= 0.6 is 0 Å². The van der Waals surface area contributed by atoms with E-state index in [1.54, 1.807) is 0 Å². The second-order valence-corrected chi connectivity index (χ2v) is 6.63. The normalized spacial score (nSPS) is 18.4. The van der Waals surface area contributed by atoms with Gasteiger partial charge in [0, 0.05) is 17.0 Å². The van der Waals surface area contributed by atoms with E-state index < -0.39 is 22.7 Å². The molecule has 0 saturated heterocycles. The van der Waals surface area contributed by atoms with Crippen molar-refractivity contribution in [1.29, 1.82) is 0 Å². The van der Waals surface area contributed by atoms with Gasteiger partial charge in [-0.05, 0) is 25.3 Å². The molecule has 26 heavy (non-hydrogen) atoms. The van der Waals surface area contributed by atoms with Crippen molar-refractivity contribution >= 4 is 5.71 Å². The van der Waals surface area contributed by atoms with Crippen molar-refractivity contribution in [1.82, 2.24) is 14.8 Å². The topological polar surface area (TPSA) is 72.5 Å². The second-order valence-electron chi connectivity index (χ2n) is 6.63. The molecule has 1 atom stereocenters. The molecule has 2 aromatic rings. The molecule has 3 rings (SSSR count). The molecule has 1 unspecified atom stereocenters. The molecule has 1 aliphatic rings. The fourth-order valence-corrected chi connectivity index (χ4v) is 3.65. The van der Waals surface area contributed by atoms with Gasteiger partial charge in [-0.1, -0.05) is 24.6 Å². The molecule has 140 valence electrons. The molecule has 1 aliphatic carbocycles. The molecular weight excluding hydrogens is 342 g/mol. The van der Waals surface area contributed by atoms with Gasteiger partial charge in [-0.2, -0.15) is 5.10 Å². The summed E-state index contributed by atoms with van der Waals surface area (Å²) in [5, 5.41) is 19.9. The van der Waals surface area contributed by atoms with Gasteiger partial charge in [0.05, 0.1) is 12.3 Å². The zero-order valence-electron chi connectivity index (χ0n) is 14.8. The van der Waals surface area contributed by atoms with Gasteiger partial charge in [0.25, 0.3) is 0 Å². The minimum absolute atomic E-state index is 0.0202. The van der Waals surface area contributed by atoms with E-state index in [-0.39, 0.29) is 12.1 Å². The van der Waals surface area contributed by atoms with Crippen LogP contribution in [0.5, 0.6) is 0 Å². The second kappa shape index (κ2) is 7.11. The first-order valence-electron chi connectivity index (χ1n) is 8.57. The zero-order valence-corrected chi connectivity index (χ0v) is 14.8. The van der Waals surface area contributed by atoms with E-state index in [4.69, 9.17) is 4.84 Å². The minimum Gasteiger partial charge on any atom is -0.399 e.